The third-order valence-electron chi connectivity index (χ3n) is 5.93. The Hall–Kier alpha value is -3.39. The van der Waals surface area contributed by atoms with Gasteiger partial charge in [-0.05, 0) is 48.2 Å². The van der Waals surface area contributed by atoms with Crippen LogP contribution in [0.4, 0.5) is 4.79 Å². The fourth-order valence-electron chi connectivity index (χ4n) is 4.43. The van der Waals surface area contributed by atoms with Crippen molar-refractivity contribution in [3.05, 3.63) is 59.7 Å². The number of carbonyl (C=O) groups is 3. The van der Waals surface area contributed by atoms with Crippen molar-refractivity contribution in [2.24, 2.45) is 5.41 Å². The highest BCUT2D eigenvalue weighted by Crippen LogP contribution is 2.44. The molecular formula is C27H35N3O5. The zero-order valence-electron chi connectivity index (χ0n) is 21.0. The van der Waals surface area contributed by atoms with Gasteiger partial charge < -0.3 is 25.4 Å². The van der Waals surface area contributed by atoms with Crippen LogP contribution in [-0.2, 0) is 14.3 Å². The second-order valence-electron chi connectivity index (χ2n) is 10.4. The number of carboxylic acids is 1. The summed E-state index contributed by atoms with van der Waals surface area (Å²) in [5, 5.41) is 14.8. The Morgan fingerprint density at radius 2 is 1.49 bits per heavy atom. The van der Waals surface area contributed by atoms with Crippen LogP contribution in [0.5, 0.6) is 0 Å². The van der Waals surface area contributed by atoms with Crippen molar-refractivity contribution in [2.75, 3.05) is 27.2 Å². The molecule has 3 rings (SSSR count). The minimum absolute atomic E-state index is 0.0996. The summed E-state index contributed by atoms with van der Waals surface area (Å²) in [6.07, 6.45) is -0.468. The van der Waals surface area contributed by atoms with Crippen molar-refractivity contribution >= 4 is 18.0 Å². The normalized spacial score (nSPS) is 14.6. The molecule has 188 valence electrons. The molecule has 0 spiro atoms. The molecule has 1 aliphatic carbocycles. The van der Waals surface area contributed by atoms with Gasteiger partial charge in [-0.2, -0.15) is 0 Å². The molecule has 3 N–H and O–H groups in total. The molecule has 2 atom stereocenters. The number of amides is 2. The predicted molar refractivity (Wildman–Crippen MR) is 134 cm³/mol. The predicted octanol–water partition coefficient (Wildman–Crippen LogP) is 3.46. The molecule has 35 heavy (non-hydrogen) atoms. The third-order valence-corrected chi connectivity index (χ3v) is 5.93. The Kier molecular flexibility index (Phi) is 8.17. The van der Waals surface area contributed by atoms with E-state index >= 15 is 0 Å². The van der Waals surface area contributed by atoms with E-state index in [1.54, 1.807) is 19.0 Å². The van der Waals surface area contributed by atoms with Crippen molar-refractivity contribution in [1.29, 1.82) is 0 Å². The van der Waals surface area contributed by atoms with Crippen LogP contribution >= 0.6 is 0 Å². The molecule has 0 radical (unpaired) electrons. The maximum atomic E-state index is 12.9. The van der Waals surface area contributed by atoms with Crippen LogP contribution in [0.15, 0.2) is 48.5 Å². The number of benzene rings is 2. The molecule has 8 heteroatoms. The van der Waals surface area contributed by atoms with E-state index in [1.165, 1.54) is 0 Å². The molecule has 0 saturated carbocycles. The number of rotatable bonds is 9. The molecule has 0 bridgehead atoms. The Bertz CT molecular complexity index is 1030. The van der Waals surface area contributed by atoms with Crippen molar-refractivity contribution in [3.63, 3.8) is 0 Å². The SMILES string of the molecule is CN(C)C[C@H](NC(=O)OCC1c2ccccc2-c2ccccc21)C(=O)NC(CC(C)(C)C)C(=O)O. The van der Waals surface area contributed by atoms with Gasteiger partial charge in [0.05, 0.1) is 0 Å². The number of ether oxygens (including phenoxy) is 1. The summed E-state index contributed by atoms with van der Waals surface area (Å²) in [6.45, 7) is 6.03. The van der Waals surface area contributed by atoms with Gasteiger partial charge in [-0.25, -0.2) is 9.59 Å². The number of likely N-dealkylation sites (N-methyl/N-ethyl adjacent to an activating group) is 1. The van der Waals surface area contributed by atoms with Gasteiger partial charge in [-0.3, -0.25) is 4.79 Å². The quantitative estimate of drug-likeness (QED) is 0.506. The molecular weight excluding hydrogens is 446 g/mol. The largest absolute Gasteiger partial charge is 0.480 e. The number of nitrogens with one attached hydrogen (secondary N) is 2. The summed E-state index contributed by atoms with van der Waals surface area (Å²) >= 11 is 0. The van der Waals surface area contributed by atoms with Crippen LogP contribution < -0.4 is 10.6 Å². The van der Waals surface area contributed by atoms with Gasteiger partial charge in [0.1, 0.15) is 18.7 Å². The highest BCUT2D eigenvalue weighted by molar-refractivity contribution is 5.89. The first kappa shape index (κ1) is 26.2. The average Bonchev–Trinajstić information content (AvgIpc) is 3.09. The van der Waals surface area contributed by atoms with Crippen molar-refractivity contribution in [1.82, 2.24) is 15.5 Å². The lowest BCUT2D eigenvalue weighted by Gasteiger charge is -2.27. The molecule has 0 fully saturated rings. The van der Waals surface area contributed by atoms with Gasteiger partial charge >= 0.3 is 12.1 Å². The number of carbonyl (C=O) groups excluding carboxylic acids is 2. The third kappa shape index (κ3) is 6.82. The first-order valence-corrected chi connectivity index (χ1v) is 11.8. The summed E-state index contributed by atoms with van der Waals surface area (Å²) in [7, 11) is 3.53. The van der Waals surface area contributed by atoms with E-state index in [0.717, 1.165) is 22.3 Å². The highest BCUT2D eigenvalue weighted by Gasteiger charge is 2.32. The van der Waals surface area contributed by atoms with Gasteiger partial charge in [0.15, 0.2) is 0 Å². The van der Waals surface area contributed by atoms with Crippen LogP contribution in [0.2, 0.25) is 0 Å². The number of fused-ring (bicyclic) bond motifs is 3. The van der Waals surface area contributed by atoms with Crippen LogP contribution in [0, 0.1) is 5.41 Å². The number of alkyl carbamates (subject to hydrolysis) is 1. The van der Waals surface area contributed by atoms with Gasteiger partial charge in [0.2, 0.25) is 5.91 Å². The van der Waals surface area contributed by atoms with Crippen LogP contribution in [0.3, 0.4) is 0 Å². The number of hydrogen-bond donors (Lipinski definition) is 3. The van der Waals surface area contributed by atoms with Gasteiger partial charge in [-0.15, -0.1) is 0 Å². The number of hydrogen-bond acceptors (Lipinski definition) is 5. The minimum Gasteiger partial charge on any atom is -0.480 e. The summed E-state index contributed by atoms with van der Waals surface area (Å²) in [6, 6.07) is 14.1. The standard InChI is InChI=1S/C27H35N3O5/c1-27(2,3)14-22(25(32)33)28-24(31)23(15-30(4)5)29-26(34)35-16-21-19-12-8-6-10-17(19)18-11-7-9-13-20(18)21/h6-13,21-23H,14-16H2,1-5H3,(H,28,31)(H,29,34)(H,32,33)/t22?,23-/m0/s1. The molecule has 0 aromatic heterocycles. The molecule has 2 amide bonds. The van der Waals surface area contributed by atoms with Crippen molar-refractivity contribution in [2.45, 2.75) is 45.2 Å². The zero-order valence-corrected chi connectivity index (χ0v) is 21.0. The second-order valence-corrected chi connectivity index (χ2v) is 10.4. The Morgan fingerprint density at radius 3 is 1.97 bits per heavy atom. The molecule has 2 aromatic carbocycles. The number of nitrogens with zero attached hydrogens (tertiary/aromatic N) is 1. The van der Waals surface area contributed by atoms with Gasteiger partial charge in [0.25, 0.3) is 0 Å². The summed E-state index contributed by atoms with van der Waals surface area (Å²) in [4.78, 5) is 39.1. The van der Waals surface area contributed by atoms with E-state index in [1.807, 2.05) is 57.2 Å². The lowest BCUT2D eigenvalue weighted by Crippen LogP contribution is -2.55. The van der Waals surface area contributed by atoms with Crippen LogP contribution in [-0.4, -0.2) is 67.3 Å². The lowest BCUT2D eigenvalue weighted by molar-refractivity contribution is -0.143. The Labute approximate surface area is 206 Å². The molecule has 1 unspecified atom stereocenters. The van der Waals surface area contributed by atoms with E-state index in [-0.39, 0.29) is 30.9 Å². The first-order valence-electron chi connectivity index (χ1n) is 11.8. The fourth-order valence-corrected chi connectivity index (χ4v) is 4.43. The first-order chi connectivity index (χ1) is 16.5. The second kappa shape index (κ2) is 10.9. The minimum atomic E-state index is -1.11. The van der Waals surface area contributed by atoms with Crippen LogP contribution in [0.1, 0.15) is 44.2 Å². The number of carboxylic acid groups (broad SMARTS) is 1. The van der Waals surface area contributed by atoms with Crippen molar-refractivity contribution < 1.29 is 24.2 Å². The summed E-state index contributed by atoms with van der Waals surface area (Å²) in [5.41, 5.74) is 4.14. The van der Waals surface area contributed by atoms with Gasteiger partial charge in [0, 0.05) is 12.5 Å². The Balaban J connectivity index is 1.67. The zero-order chi connectivity index (χ0) is 25.8. The topological polar surface area (TPSA) is 108 Å². The maximum Gasteiger partial charge on any atom is 0.407 e. The number of aliphatic carboxylic acids is 1. The molecule has 8 nitrogen and oxygen atoms in total. The van der Waals surface area contributed by atoms with E-state index in [2.05, 4.69) is 22.8 Å². The van der Waals surface area contributed by atoms with Gasteiger partial charge in [-0.1, -0.05) is 69.3 Å². The van der Waals surface area contributed by atoms with Crippen molar-refractivity contribution in [3.8, 4) is 11.1 Å². The average molecular weight is 482 g/mol. The molecule has 0 saturated heterocycles. The molecule has 2 aromatic rings. The maximum absolute atomic E-state index is 12.9. The van der Waals surface area contributed by atoms with E-state index in [4.69, 9.17) is 4.74 Å². The van der Waals surface area contributed by atoms with Crippen LogP contribution in [0.25, 0.3) is 11.1 Å². The smallest absolute Gasteiger partial charge is 0.407 e. The highest BCUT2D eigenvalue weighted by atomic mass is 16.5. The van der Waals surface area contributed by atoms with E-state index < -0.39 is 30.1 Å². The molecule has 1 aliphatic rings. The lowest BCUT2D eigenvalue weighted by atomic mass is 9.88. The molecule has 0 aliphatic heterocycles. The monoisotopic (exact) mass is 481 g/mol. The fraction of sp³-hybridized carbons (Fsp3) is 0.444. The summed E-state index contributed by atoms with van der Waals surface area (Å²) in [5.74, 6) is -1.78. The Morgan fingerprint density at radius 1 is 0.943 bits per heavy atom. The van der Waals surface area contributed by atoms with E-state index in [0.29, 0.717) is 0 Å². The summed E-state index contributed by atoms with van der Waals surface area (Å²) < 4.78 is 5.57. The van der Waals surface area contributed by atoms with E-state index in [9.17, 15) is 19.5 Å². The molecule has 0 heterocycles.